The number of nitrogens with one attached hydrogen (secondary N) is 1. The van der Waals surface area contributed by atoms with E-state index in [1.807, 2.05) is 60.7 Å². The standard InChI is InChI=1S/C16H18N2O/c1-12(17)16(19)18-15(13-8-4-2-5-9-13)14-10-6-3-7-11-14/h2-12,15H,17H2,1H3,(H,18,19)/t12-/m1/s1. The smallest absolute Gasteiger partial charge is 0.237 e. The summed E-state index contributed by atoms with van der Waals surface area (Å²) < 4.78 is 0. The summed E-state index contributed by atoms with van der Waals surface area (Å²) in [6, 6.07) is 19.1. The molecule has 0 unspecified atom stereocenters. The zero-order valence-corrected chi connectivity index (χ0v) is 10.9. The summed E-state index contributed by atoms with van der Waals surface area (Å²) in [7, 11) is 0. The lowest BCUT2D eigenvalue weighted by atomic mass is 9.98. The first-order valence-corrected chi connectivity index (χ1v) is 6.34. The molecule has 0 spiro atoms. The van der Waals surface area contributed by atoms with Crippen molar-refractivity contribution in [1.29, 1.82) is 0 Å². The normalized spacial score (nSPS) is 12.2. The molecule has 1 amide bonds. The van der Waals surface area contributed by atoms with Crippen molar-refractivity contribution in [3.8, 4) is 0 Å². The van der Waals surface area contributed by atoms with Crippen molar-refractivity contribution in [2.75, 3.05) is 0 Å². The van der Waals surface area contributed by atoms with E-state index in [1.54, 1.807) is 6.92 Å². The molecule has 0 saturated carbocycles. The molecule has 0 radical (unpaired) electrons. The van der Waals surface area contributed by atoms with Crippen LogP contribution in [0.3, 0.4) is 0 Å². The van der Waals surface area contributed by atoms with Crippen molar-refractivity contribution in [3.05, 3.63) is 71.8 Å². The first kappa shape index (κ1) is 13.3. The maximum absolute atomic E-state index is 11.9. The van der Waals surface area contributed by atoms with Crippen molar-refractivity contribution in [2.45, 2.75) is 19.0 Å². The van der Waals surface area contributed by atoms with Gasteiger partial charge in [-0.1, -0.05) is 60.7 Å². The summed E-state index contributed by atoms with van der Waals surface area (Å²) in [6.45, 7) is 1.68. The van der Waals surface area contributed by atoms with Crippen molar-refractivity contribution < 1.29 is 4.79 Å². The Kier molecular flexibility index (Phi) is 4.31. The van der Waals surface area contributed by atoms with Gasteiger partial charge in [-0.2, -0.15) is 0 Å². The van der Waals surface area contributed by atoms with Crippen LogP contribution in [0.15, 0.2) is 60.7 Å². The predicted octanol–water partition coefficient (Wildman–Crippen LogP) is 2.24. The lowest BCUT2D eigenvalue weighted by molar-refractivity contribution is -0.122. The Bertz CT molecular complexity index is 483. The highest BCUT2D eigenvalue weighted by atomic mass is 16.2. The third-order valence-corrected chi connectivity index (χ3v) is 2.97. The number of carbonyl (C=O) groups excluding carboxylic acids is 1. The van der Waals surface area contributed by atoms with Crippen LogP contribution in [0.2, 0.25) is 0 Å². The van der Waals surface area contributed by atoms with Gasteiger partial charge in [-0.3, -0.25) is 4.79 Å². The van der Waals surface area contributed by atoms with E-state index in [2.05, 4.69) is 5.32 Å². The topological polar surface area (TPSA) is 55.1 Å². The van der Waals surface area contributed by atoms with E-state index in [0.29, 0.717) is 0 Å². The Hall–Kier alpha value is -2.13. The van der Waals surface area contributed by atoms with Crippen molar-refractivity contribution in [1.82, 2.24) is 5.32 Å². The molecule has 0 aliphatic carbocycles. The number of hydrogen-bond acceptors (Lipinski definition) is 2. The second-order valence-electron chi connectivity index (χ2n) is 4.55. The van der Waals surface area contributed by atoms with Crippen LogP contribution >= 0.6 is 0 Å². The van der Waals surface area contributed by atoms with E-state index < -0.39 is 6.04 Å². The van der Waals surface area contributed by atoms with Gasteiger partial charge in [0.15, 0.2) is 0 Å². The average Bonchev–Trinajstić information content (AvgIpc) is 2.46. The van der Waals surface area contributed by atoms with Gasteiger partial charge < -0.3 is 11.1 Å². The van der Waals surface area contributed by atoms with E-state index in [-0.39, 0.29) is 11.9 Å². The minimum absolute atomic E-state index is 0.155. The van der Waals surface area contributed by atoms with E-state index in [9.17, 15) is 4.79 Å². The highest BCUT2D eigenvalue weighted by molar-refractivity contribution is 5.81. The zero-order chi connectivity index (χ0) is 13.7. The van der Waals surface area contributed by atoms with Crippen molar-refractivity contribution >= 4 is 5.91 Å². The zero-order valence-electron chi connectivity index (χ0n) is 10.9. The third-order valence-electron chi connectivity index (χ3n) is 2.97. The molecule has 1 atom stereocenters. The van der Waals surface area contributed by atoms with E-state index >= 15 is 0 Å². The maximum atomic E-state index is 11.9. The van der Waals surface area contributed by atoms with Crippen LogP contribution in [0.5, 0.6) is 0 Å². The van der Waals surface area contributed by atoms with Gasteiger partial charge in [0, 0.05) is 0 Å². The quantitative estimate of drug-likeness (QED) is 0.879. The van der Waals surface area contributed by atoms with Gasteiger partial charge in [0.1, 0.15) is 0 Å². The molecule has 19 heavy (non-hydrogen) atoms. The number of amides is 1. The number of benzene rings is 2. The lowest BCUT2D eigenvalue weighted by Gasteiger charge is -2.21. The Morgan fingerprint density at radius 3 is 1.74 bits per heavy atom. The second kappa shape index (κ2) is 6.16. The molecular formula is C16H18N2O. The van der Waals surface area contributed by atoms with Crippen LogP contribution in [0.25, 0.3) is 0 Å². The summed E-state index contributed by atoms with van der Waals surface area (Å²) in [6.07, 6.45) is 0. The van der Waals surface area contributed by atoms with Crippen LogP contribution in [-0.2, 0) is 4.79 Å². The maximum Gasteiger partial charge on any atom is 0.237 e. The first-order chi connectivity index (χ1) is 9.18. The fourth-order valence-corrected chi connectivity index (χ4v) is 1.92. The van der Waals surface area contributed by atoms with Gasteiger partial charge in [0.25, 0.3) is 0 Å². The van der Waals surface area contributed by atoms with Crippen LogP contribution in [-0.4, -0.2) is 11.9 Å². The molecule has 2 rings (SSSR count). The monoisotopic (exact) mass is 254 g/mol. The largest absolute Gasteiger partial charge is 0.344 e. The Morgan fingerprint density at radius 1 is 0.947 bits per heavy atom. The Balaban J connectivity index is 2.32. The molecule has 0 aromatic heterocycles. The summed E-state index contributed by atoms with van der Waals surface area (Å²) in [5.74, 6) is -0.155. The molecule has 3 N–H and O–H groups in total. The number of rotatable bonds is 4. The van der Waals surface area contributed by atoms with Gasteiger partial charge >= 0.3 is 0 Å². The molecule has 98 valence electrons. The van der Waals surface area contributed by atoms with E-state index in [1.165, 1.54) is 0 Å². The molecule has 2 aromatic rings. The molecule has 0 aliphatic heterocycles. The Labute approximate surface area is 113 Å². The van der Waals surface area contributed by atoms with Crippen LogP contribution in [0, 0.1) is 0 Å². The fraction of sp³-hybridized carbons (Fsp3) is 0.188. The van der Waals surface area contributed by atoms with Crippen LogP contribution in [0.1, 0.15) is 24.1 Å². The average molecular weight is 254 g/mol. The fourth-order valence-electron chi connectivity index (χ4n) is 1.92. The molecular weight excluding hydrogens is 236 g/mol. The van der Waals surface area contributed by atoms with Crippen LogP contribution in [0.4, 0.5) is 0 Å². The van der Waals surface area contributed by atoms with Gasteiger partial charge in [-0.05, 0) is 18.1 Å². The molecule has 0 aliphatic rings. The highest BCUT2D eigenvalue weighted by Crippen LogP contribution is 2.21. The third kappa shape index (κ3) is 3.42. The van der Waals surface area contributed by atoms with Crippen molar-refractivity contribution in [3.63, 3.8) is 0 Å². The predicted molar refractivity (Wildman–Crippen MR) is 76.5 cm³/mol. The second-order valence-corrected chi connectivity index (χ2v) is 4.55. The number of carbonyl (C=O) groups is 1. The highest BCUT2D eigenvalue weighted by Gasteiger charge is 2.18. The Morgan fingerprint density at radius 2 is 1.37 bits per heavy atom. The molecule has 0 fully saturated rings. The minimum Gasteiger partial charge on any atom is -0.344 e. The van der Waals surface area contributed by atoms with Crippen molar-refractivity contribution in [2.24, 2.45) is 5.73 Å². The van der Waals surface area contributed by atoms with Crippen LogP contribution < -0.4 is 11.1 Å². The van der Waals surface area contributed by atoms with E-state index in [0.717, 1.165) is 11.1 Å². The first-order valence-electron chi connectivity index (χ1n) is 6.34. The molecule has 0 bridgehead atoms. The molecule has 3 heteroatoms. The van der Waals surface area contributed by atoms with Gasteiger partial charge in [-0.25, -0.2) is 0 Å². The molecule has 0 saturated heterocycles. The summed E-state index contributed by atoms with van der Waals surface area (Å²) in [5.41, 5.74) is 7.72. The SMILES string of the molecule is C[C@@H](N)C(=O)NC(c1ccccc1)c1ccccc1. The van der Waals surface area contributed by atoms with Gasteiger partial charge in [0.2, 0.25) is 5.91 Å². The van der Waals surface area contributed by atoms with E-state index in [4.69, 9.17) is 5.73 Å². The van der Waals surface area contributed by atoms with Gasteiger partial charge in [-0.15, -0.1) is 0 Å². The number of nitrogens with two attached hydrogens (primary N) is 1. The molecule has 2 aromatic carbocycles. The lowest BCUT2D eigenvalue weighted by Crippen LogP contribution is -2.40. The molecule has 0 heterocycles. The molecule has 3 nitrogen and oxygen atoms in total. The minimum atomic E-state index is -0.519. The summed E-state index contributed by atoms with van der Waals surface area (Å²) in [4.78, 5) is 11.9. The number of hydrogen-bond donors (Lipinski definition) is 2. The van der Waals surface area contributed by atoms with Gasteiger partial charge in [0.05, 0.1) is 12.1 Å². The summed E-state index contributed by atoms with van der Waals surface area (Å²) in [5, 5.41) is 2.99. The summed E-state index contributed by atoms with van der Waals surface area (Å²) >= 11 is 0.